The van der Waals surface area contributed by atoms with E-state index in [0.717, 1.165) is 48.7 Å². The van der Waals surface area contributed by atoms with Gasteiger partial charge in [0.05, 0.1) is 22.5 Å². The van der Waals surface area contributed by atoms with E-state index in [0.29, 0.717) is 28.2 Å². The second-order valence-electron chi connectivity index (χ2n) is 8.58. The fourth-order valence-electron chi connectivity index (χ4n) is 4.36. The summed E-state index contributed by atoms with van der Waals surface area (Å²) >= 11 is 6.21. The molecular weight excluding hydrogens is 432 g/mol. The van der Waals surface area contributed by atoms with Gasteiger partial charge in [-0.1, -0.05) is 11.6 Å². The molecular formula is C23H23ClN4O2S. The molecule has 0 bridgehead atoms. The fraction of sp³-hybridized carbons (Fsp3) is 0.391. The highest BCUT2D eigenvalue weighted by Crippen LogP contribution is 2.42. The summed E-state index contributed by atoms with van der Waals surface area (Å²) in [5.41, 5.74) is 2.80. The number of hydrogen-bond donors (Lipinski definition) is 1. The molecule has 0 radical (unpaired) electrons. The lowest BCUT2D eigenvalue weighted by Crippen LogP contribution is -2.34. The van der Waals surface area contributed by atoms with Crippen LogP contribution in [0.1, 0.15) is 50.6 Å². The Morgan fingerprint density at radius 3 is 2.58 bits per heavy atom. The fourth-order valence-corrected chi connectivity index (χ4v) is 5.79. The second kappa shape index (κ2) is 7.63. The largest absolute Gasteiger partial charge is 0.335 e. The van der Waals surface area contributed by atoms with E-state index in [9.17, 15) is 13.7 Å². The van der Waals surface area contributed by atoms with Gasteiger partial charge in [-0.3, -0.25) is 4.98 Å². The Morgan fingerprint density at radius 2 is 2.00 bits per heavy atom. The van der Waals surface area contributed by atoms with E-state index in [2.05, 4.69) is 20.3 Å². The molecule has 8 heteroatoms. The molecule has 2 heterocycles. The number of fused-ring (bicyclic) bond motifs is 1. The molecule has 2 aliphatic rings. The number of sulfonamides is 1. The first-order chi connectivity index (χ1) is 14.9. The highest BCUT2D eigenvalue weighted by atomic mass is 35.5. The Balaban J connectivity index is 1.58. The number of hydrogen-bond acceptors (Lipinski definition) is 4. The first kappa shape index (κ1) is 20.5. The van der Waals surface area contributed by atoms with Crippen molar-refractivity contribution in [1.82, 2.24) is 14.3 Å². The molecule has 0 saturated heterocycles. The van der Waals surface area contributed by atoms with Crippen LogP contribution >= 0.6 is 11.6 Å². The van der Waals surface area contributed by atoms with E-state index in [4.69, 9.17) is 11.6 Å². The first-order valence-electron chi connectivity index (χ1n) is 10.6. The van der Waals surface area contributed by atoms with E-state index in [1.54, 1.807) is 12.1 Å². The predicted octanol–water partition coefficient (Wildman–Crippen LogP) is 5.03. The molecule has 3 aromatic rings. The Labute approximate surface area is 186 Å². The lowest BCUT2D eigenvalue weighted by Gasteiger charge is -2.30. The summed E-state index contributed by atoms with van der Waals surface area (Å²) in [7, 11) is -3.63. The van der Waals surface area contributed by atoms with Crippen molar-refractivity contribution in [3.05, 3.63) is 47.1 Å². The summed E-state index contributed by atoms with van der Waals surface area (Å²) in [4.78, 5) is 4.62. The van der Waals surface area contributed by atoms with Crippen molar-refractivity contribution in [2.45, 2.75) is 56.0 Å². The van der Waals surface area contributed by atoms with Gasteiger partial charge in [0, 0.05) is 28.7 Å². The van der Waals surface area contributed by atoms with Gasteiger partial charge in [0.1, 0.15) is 11.0 Å². The molecule has 31 heavy (non-hydrogen) atoms. The van der Waals surface area contributed by atoms with Gasteiger partial charge in [-0.25, -0.2) is 13.1 Å². The quantitative estimate of drug-likeness (QED) is 0.565. The van der Waals surface area contributed by atoms with Gasteiger partial charge in [0.25, 0.3) is 0 Å². The second-order valence-corrected chi connectivity index (χ2v) is 10.7. The monoisotopic (exact) mass is 454 g/mol. The van der Waals surface area contributed by atoms with Crippen molar-refractivity contribution >= 4 is 32.5 Å². The average molecular weight is 455 g/mol. The van der Waals surface area contributed by atoms with Crippen LogP contribution in [0.25, 0.3) is 22.3 Å². The molecule has 0 unspecified atom stereocenters. The van der Waals surface area contributed by atoms with Crippen LogP contribution in [-0.2, 0) is 10.0 Å². The van der Waals surface area contributed by atoms with Crippen LogP contribution in [0.5, 0.6) is 0 Å². The zero-order valence-corrected chi connectivity index (χ0v) is 18.7. The van der Waals surface area contributed by atoms with Gasteiger partial charge in [-0.05, 0) is 75.3 Å². The van der Waals surface area contributed by atoms with E-state index >= 15 is 0 Å². The van der Waals surface area contributed by atoms with Crippen LogP contribution in [0, 0.1) is 17.2 Å². The summed E-state index contributed by atoms with van der Waals surface area (Å²) in [5, 5.41) is 11.3. The van der Waals surface area contributed by atoms with Gasteiger partial charge in [0.15, 0.2) is 0 Å². The van der Waals surface area contributed by atoms with Gasteiger partial charge in [-0.15, -0.1) is 0 Å². The van der Waals surface area contributed by atoms with Crippen molar-refractivity contribution in [2.75, 3.05) is 0 Å². The average Bonchev–Trinajstić information content (AvgIpc) is 3.51. The van der Waals surface area contributed by atoms with Crippen molar-refractivity contribution in [3.63, 3.8) is 0 Å². The highest BCUT2D eigenvalue weighted by Gasteiger charge is 2.32. The van der Waals surface area contributed by atoms with Crippen molar-refractivity contribution in [1.29, 1.82) is 5.26 Å². The molecule has 0 amide bonds. The number of pyridine rings is 1. The topological polar surface area (TPSA) is 87.8 Å². The van der Waals surface area contributed by atoms with Crippen LogP contribution in [0.15, 0.2) is 41.4 Å². The molecule has 2 aromatic heterocycles. The number of nitriles is 1. The molecule has 0 aliphatic heterocycles. The number of halogens is 1. The minimum atomic E-state index is -3.63. The van der Waals surface area contributed by atoms with Gasteiger partial charge < -0.3 is 4.57 Å². The first-order valence-corrected chi connectivity index (χ1v) is 12.5. The molecule has 160 valence electrons. The van der Waals surface area contributed by atoms with E-state index < -0.39 is 10.0 Å². The summed E-state index contributed by atoms with van der Waals surface area (Å²) in [6.07, 6.45) is 6.74. The Bertz CT molecular complexity index is 1300. The number of nitrogens with one attached hydrogen (secondary N) is 1. The smallest absolute Gasteiger partial charge is 0.242 e. The number of benzene rings is 1. The molecule has 1 N–H and O–H groups in total. The Kier molecular flexibility index (Phi) is 5.04. The normalized spacial score (nSPS) is 18.0. The molecule has 0 spiro atoms. The molecule has 1 aromatic carbocycles. The molecule has 2 fully saturated rings. The van der Waals surface area contributed by atoms with Crippen LogP contribution < -0.4 is 4.72 Å². The predicted molar refractivity (Wildman–Crippen MR) is 120 cm³/mol. The third-order valence-electron chi connectivity index (χ3n) is 6.48. The van der Waals surface area contributed by atoms with Gasteiger partial charge in [0.2, 0.25) is 10.0 Å². The SMILES string of the molecule is C[C@H](NS(=O)(=O)c1ccc(-c2c(C#N)c3cc(Cl)ccc3n2C2CCC2)nc1)C1CC1. The Hall–Kier alpha value is -2.40. The summed E-state index contributed by atoms with van der Waals surface area (Å²) in [6, 6.07) is 11.4. The molecule has 2 aliphatic carbocycles. The number of aromatic nitrogens is 2. The van der Waals surface area contributed by atoms with Crippen LogP contribution in [0.2, 0.25) is 5.02 Å². The van der Waals surface area contributed by atoms with E-state index in [-0.39, 0.29) is 10.9 Å². The minimum Gasteiger partial charge on any atom is -0.335 e. The van der Waals surface area contributed by atoms with E-state index in [1.165, 1.54) is 6.20 Å². The molecule has 2 saturated carbocycles. The van der Waals surface area contributed by atoms with Crippen molar-refractivity contribution in [3.8, 4) is 17.5 Å². The Morgan fingerprint density at radius 1 is 1.23 bits per heavy atom. The summed E-state index contributed by atoms with van der Waals surface area (Å²) in [6.45, 7) is 1.90. The lowest BCUT2D eigenvalue weighted by molar-refractivity contribution is 0.324. The van der Waals surface area contributed by atoms with Crippen LogP contribution in [0.3, 0.4) is 0 Å². The molecule has 5 rings (SSSR count). The maximum Gasteiger partial charge on any atom is 0.242 e. The van der Waals surface area contributed by atoms with Crippen LogP contribution in [0.4, 0.5) is 0 Å². The maximum absolute atomic E-state index is 12.7. The van der Waals surface area contributed by atoms with Gasteiger partial charge in [-0.2, -0.15) is 5.26 Å². The van der Waals surface area contributed by atoms with Crippen molar-refractivity contribution in [2.24, 2.45) is 5.92 Å². The minimum absolute atomic E-state index is 0.0826. The third-order valence-corrected chi connectivity index (χ3v) is 8.26. The van der Waals surface area contributed by atoms with Crippen LogP contribution in [-0.4, -0.2) is 24.0 Å². The highest BCUT2D eigenvalue weighted by molar-refractivity contribution is 7.89. The zero-order chi connectivity index (χ0) is 21.8. The van der Waals surface area contributed by atoms with E-state index in [1.807, 2.05) is 25.1 Å². The maximum atomic E-state index is 12.7. The number of rotatable bonds is 6. The standard InChI is InChI=1S/C23H23ClN4O2S/c1-14(15-5-6-15)27-31(29,30)18-8-9-21(26-13-18)23-20(12-25)19-11-16(24)7-10-22(19)28(23)17-3-2-4-17/h7-11,13-15,17,27H,2-6H2,1H3/t14-/m0/s1. The van der Waals surface area contributed by atoms with Crippen molar-refractivity contribution < 1.29 is 8.42 Å². The third kappa shape index (κ3) is 3.63. The zero-order valence-electron chi connectivity index (χ0n) is 17.2. The van der Waals surface area contributed by atoms with Gasteiger partial charge >= 0.3 is 0 Å². The summed E-state index contributed by atoms with van der Waals surface area (Å²) < 4.78 is 30.4. The summed E-state index contributed by atoms with van der Waals surface area (Å²) in [5.74, 6) is 0.421. The number of nitrogens with zero attached hydrogens (tertiary/aromatic N) is 3. The molecule has 6 nitrogen and oxygen atoms in total. The molecule has 1 atom stereocenters. The lowest BCUT2D eigenvalue weighted by atomic mass is 9.92.